The van der Waals surface area contributed by atoms with Gasteiger partial charge in [-0.15, -0.1) is 0 Å². The van der Waals surface area contributed by atoms with Crippen LogP contribution in [0.25, 0.3) is 0 Å². The van der Waals surface area contributed by atoms with Crippen LogP contribution in [0.5, 0.6) is 0 Å². The Balaban J connectivity index is 2.00. The Kier molecular flexibility index (Phi) is 6.42. The fraction of sp³-hybridized carbons (Fsp3) is 0.235. The summed E-state index contributed by atoms with van der Waals surface area (Å²) in [4.78, 5) is 12.0. The van der Waals surface area contributed by atoms with Gasteiger partial charge in [-0.3, -0.25) is 4.79 Å². The summed E-state index contributed by atoms with van der Waals surface area (Å²) in [6.45, 7) is -1.13. The molecule has 146 valence electrons. The third kappa shape index (κ3) is 5.90. The number of hydrogen-bond donors (Lipinski definition) is 2. The van der Waals surface area contributed by atoms with Crippen LogP contribution in [-0.2, 0) is 11.0 Å². The number of nitrogens with one attached hydrogen (secondary N) is 1. The fourth-order valence-corrected chi connectivity index (χ4v) is 2.85. The highest BCUT2D eigenvalue weighted by molar-refractivity contribution is 8.00. The molecule has 2 rings (SSSR count). The smallest absolute Gasteiger partial charge is 0.378 e. The molecular weight excluding hydrogens is 396 g/mol. The molecule has 2 N–H and O–H groups in total. The van der Waals surface area contributed by atoms with Gasteiger partial charge in [0.1, 0.15) is 5.82 Å². The van der Waals surface area contributed by atoms with Gasteiger partial charge in [0.05, 0.1) is 12.1 Å². The van der Waals surface area contributed by atoms with E-state index >= 15 is 0 Å². The number of halogens is 6. The van der Waals surface area contributed by atoms with Crippen molar-refractivity contribution in [2.75, 3.05) is 6.54 Å². The van der Waals surface area contributed by atoms with Crippen LogP contribution in [0.4, 0.5) is 26.3 Å². The predicted molar refractivity (Wildman–Crippen MR) is 86.6 cm³/mol. The molecule has 1 amide bonds. The molecule has 10 heteroatoms. The van der Waals surface area contributed by atoms with E-state index in [4.69, 9.17) is 0 Å². The molecule has 2 aromatic rings. The highest BCUT2D eigenvalue weighted by Gasteiger charge is 2.35. The Morgan fingerprint density at radius 2 is 1.70 bits per heavy atom. The van der Waals surface area contributed by atoms with Gasteiger partial charge in [-0.05, 0) is 29.8 Å². The van der Waals surface area contributed by atoms with Gasteiger partial charge < -0.3 is 10.4 Å². The van der Waals surface area contributed by atoms with Crippen molar-refractivity contribution in [1.82, 2.24) is 5.32 Å². The number of aliphatic hydroxyl groups is 1. The van der Waals surface area contributed by atoms with Crippen molar-refractivity contribution in [3.63, 3.8) is 0 Å². The van der Waals surface area contributed by atoms with Crippen LogP contribution >= 0.6 is 11.8 Å². The number of thioether (sulfide) groups is 1. The zero-order chi connectivity index (χ0) is 20.2. The molecule has 0 heterocycles. The molecule has 1 atom stereocenters. The molecule has 0 aliphatic heterocycles. The Morgan fingerprint density at radius 3 is 2.26 bits per heavy atom. The maximum atomic E-state index is 13.9. The molecule has 0 radical (unpaired) electrons. The minimum absolute atomic E-state index is 0.188. The quantitative estimate of drug-likeness (QED) is 0.550. The molecule has 1 unspecified atom stereocenters. The van der Waals surface area contributed by atoms with E-state index in [1.165, 1.54) is 12.1 Å². The van der Waals surface area contributed by atoms with Gasteiger partial charge in [-0.25, -0.2) is 4.39 Å². The lowest BCUT2D eigenvalue weighted by Gasteiger charge is -2.18. The van der Waals surface area contributed by atoms with Crippen molar-refractivity contribution in [2.45, 2.75) is 22.4 Å². The Morgan fingerprint density at radius 1 is 1.07 bits per heavy atom. The van der Waals surface area contributed by atoms with Gasteiger partial charge in [0.25, 0.3) is 5.91 Å². The van der Waals surface area contributed by atoms with Crippen LogP contribution in [0.2, 0.25) is 0 Å². The molecule has 0 saturated carbocycles. The van der Waals surface area contributed by atoms with Crippen LogP contribution in [0.15, 0.2) is 53.4 Å². The molecule has 0 spiro atoms. The lowest BCUT2D eigenvalue weighted by atomic mass is 10.1. The highest BCUT2D eigenvalue weighted by Crippen LogP contribution is 2.35. The minimum atomic E-state index is -4.94. The van der Waals surface area contributed by atoms with E-state index in [0.29, 0.717) is 18.2 Å². The lowest BCUT2D eigenvalue weighted by Crippen LogP contribution is -2.37. The number of aliphatic hydroxyl groups excluding tert-OH is 1. The van der Waals surface area contributed by atoms with E-state index < -0.39 is 46.9 Å². The molecule has 27 heavy (non-hydrogen) atoms. The Bertz CT molecular complexity index is 798. The van der Waals surface area contributed by atoms with Crippen molar-refractivity contribution >= 4 is 17.7 Å². The first-order valence-corrected chi connectivity index (χ1v) is 8.25. The normalized spacial score (nSPS) is 13.3. The topological polar surface area (TPSA) is 49.3 Å². The second kappa shape index (κ2) is 8.22. The molecule has 3 nitrogen and oxygen atoms in total. The van der Waals surface area contributed by atoms with Gasteiger partial charge >= 0.3 is 11.4 Å². The molecular formula is C17H13F6NO2S. The SMILES string of the molecule is O=C(NCC(F)(F)Sc1ccccc1)C(O)c1ccc(C(F)(F)F)c(F)c1. The maximum absolute atomic E-state index is 13.9. The zero-order valence-electron chi connectivity index (χ0n) is 13.4. The molecule has 0 bridgehead atoms. The van der Waals surface area contributed by atoms with E-state index in [1.54, 1.807) is 23.5 Å². The number of benzene rings is 2. The number of amides is 1. The molecule has 0 fully saturated rings. The van der Waals surface area contributed by atoms with Crippen molar-refractivity contribution in [1.29, 1.82) is 0 Å². The minimum Gasteiger partial charge on any atom is -0.378 e. The van der Waals surface area contributed by atoms with Gasteiger partial charge in [0, 0.05) is 4.90 Å². The number of carbonyl (C=O) groups is 1. The monoisotopic (exact) mass is 409 g/mol. The van der Waals surface area contributed by atoms with E-state index in [1.807, 2.05) is 0 Å². The van der Waals surface area contributed by atoms with Crippen molar-refractivity contribution in [2.24, 2.45) is 0 Å². The summed E-state index contributed by atoms with van der Waals surface area (Å²) in [6, 6.07) is 9.04. The van der Waals surface area contributed by atoms with Crippen LogP contribution in [-0.4, -0.2) is 22.8 Å². The van der Waals surface area contributed by atoms with Crippen LogP contribution in [0.3, 0.4) is 0 Å². The van der Waals surface area contributed by atoms with E-state index in [0.717, 1.165) is 0 Å². The van der Waals surface area contributed by atoms with Crippen molar-refractivity contribution < 1.29 is 36.2 Å². The second-order valence-corrected chi connectivity index (χ2v) is 6.68. The van der Waals surface area contributed by atoms with Crippen molar-refractivity contribution in [3.05, 3.63) is 65.5 Å². The van der Waals surface area contributed by atoms with Gasteiger partial charge in [0.2, 0.25) is 0 Å². The van der Waals surface area contributed by atoms with Gasteiger partial charge in [0.15, 0.2) is 6.10 Å². The number of carbonyl (C=O) groups excluding carboxylic acids is 1. The van der Waals surface area contributed by atoms with Gasteiger partial charge in [-0.2, -0.15) is 22.0 Å². The molecule has 0 saturated heterocycles. The number of alkyl halides is 5. The molecule has 2 aromatic carbocycles. The first-order chi connectivity index (χ1) is 12.5. The lowest BCUT2D eigenvalue weighted by molar-refractivity contribution is -0.140. The summed E-state index contributed by atoms with van der Waals surface area (Å²) < 4.78 is 78.7. The summed E-state index contributed by atoms with van der Waals surface area (Å²) >= 11 is 0.188. The third-order valence-electron chi connectivity index (χ3n) is 3.34. The Hall–Kier alpha value is -2.20. The maximum Gasteiger partial charge on any atom is 0.419 e. The van der Waals surface area contributed by atoms with E-state index in [2.05, 4.69) is 0 Å². The van der Waals surface area contributed by atoms with Crippen LogP contribution < -0.4 is 5.32 Å². The first-order valence-electron chi connectivity index (χ1n) is 7.44. The number of rotatable bonds is 6. The molecule has 0 aliphatic rings. The molecule has 0 aliphatic carbocycles. The molecule has 0 aromatic heterocycles. The Labute approximate surface area is 154 Å². The summed E-state index contributed by atoms with van der Waals surface area (Å²) in [5.41, 5.74) is -2.05. The predicted octanol–water partition coefficient (Wildman–Crippen LogP) is 4.38. The zero-order valence-corrected chi connectivity index (χ0v) is 14.3. The summed E-state index contributed by atoms with van der Waals surface area (Å²) in [5, 5.41) is 8.18. The highest BCUT2D eigenvalue weighted by atomic mass is 32.2. The fourth-order valence-electron chi connectivity index (χ4n) is 2.07. The standard InChI is InChI=1S/C17H13F6NO2S/c18-13-8-10(6-7-12(13)17(21,22)23)14(25)15(26)24-9-16(19,20)27-11-4-2-1-3-5-11/h1-8,14,25H,9H2,(H,24,26). The summed E-state index contributed by atoms with van der Waals surface area (Å²) in [6.07, 6.45) is -7.04. The van der Waals surface area contributed by atoms with Crippen LogP contribution in [0.1, 0.15) is 17.2 Å². The van der Waals surface area contributed by atoms with Crippen LogP contribution in [0, 0.1) is 5.82 Å². The number of hydrogen-bond acceptors (Lipinski definition) is 3. The van der Waals surface area contributed by atoms with E-state index in [-0.39, 0.29) is 16.7 Å². The average Bonchev–Trinajstić information content (AvgIpc) is 2.58. The summed E-state index contributed by atoms with van der Waals surface area (Å²) in [7, 11) is 0. The van der Waals surface area contributed by atoms with Gasteiger partial charge in [-0.1, -0.05) is 36.0 Å². The average molecular weight is 409 g/mol. The largest absolute Gasteiger partial charge is 0.419 e. The summed E-state index contributed by atoms with van der Waals surface area (Å²) in [5.74, 6) is -2.97. The third-order valence-corrected chi connectivity index (χ3v) is 4.29. The first kappa shape index (κ1) is 21.1. The van der Waals surface area contributed by atoms with Crippen molar-refractivity contribution in [3.8, 4) is 0 Å². The van der Waals surface area contributed by atoms with E-state index in [9.17, 15) is 36.2 Å². The second-order valence-electron chi connectivity index (χ2n) is 5.41.